The summed E-state index contributed by atoms with van der Waals surface area (Å²) in [5.74, 6) is -0.890. The average Bonchev–Trinajstić information content (AvgIpc) is 3.44. The first-order valence-corrected chi connectivity index (χ1v) is 12.2. The fourth-order valence-electron chi connectivity index (χ4n) is 4.37. The molecule has 0 spiro atoms. The van der Waals surface area contributed by atoms with E-state index < -0.39 is 5.97 Å². The van der Waals surface area contributed by atoms with Crippen LogP contribution in [0.1, 0.15) is 9.67 Å². The maximum absolute atomic E-state index is 12.8. The van der Waals surface area contributed by atoms with Gasteiger partial charge in [-0.05, 0) is 35.7 Å². The molecule has 0 N–H and O–H groups in total. The van der Waals surface area contributed by atoms with Crippen LogP contribution in [0.3, 0.4) is 0 Å². The van der Waals surface area contributed by atoms with Crippen molar-refractivity contribution in [2.75, 3.05) is 32.8 Å². The number of esters is 1. The van der Waals surface area contributed by atoms with Crippen LogP contribution < -0.4 is 5.43 Å². The minimum atomic E-state index is -0.566. The minimum Gasteiger partial charge on any atom is -0.454 e. The number of pyridine rings is 1. The Bertz CT molecular complexity index is 1410. The lowest BCUT2D eigenvalue weighted by atomic mass is 10.1. The van der Waals surface area contributed by atoms with E-state index in [0.717, 1.165) is 0 Å². The topological polar surface area (TPSA) is 88.9 Å². The predicted octanol–water partition coefficient (Wildman–Crippen LogP) is 2.74. The monoisotopic (exact) mass is 489 g/mol. The van der Waals surface area contributed by atoms with Gasteiger partial charge in [0.2, 0.25) is 0 Å². The molecule has 8 nitrogen and oxygen atoms in total. The van der Waals surface area contributed by atoms with Crippen molar-refractivity contribution in [1.82, 2.24) is 14.4 Å². The molecular weight excluding hydrogens is 466 g/mol. The number of thiophene rings is 1. The summed E-state index contributed by atoms with van der Waals surface area (Å²) in [5.41, 5.74) is 1.17. The van der Waals surface area contributed by atoms with Crippen LogP contribution in [-0.2, 0) is 20.9 Å². The Morgan fingerprint density at radius 1 is 0.800 bits per heavy atom. The Balaban J connectivity index is 1.22. The normalized spacial score (nSPS) is 13.8. The van der Waals surface area contributed by atoms with Crippen molar-refractivity contribution < 1.29 is 19.1 Å². The third kappa shape index (κ3) is 4.54. The molecule has 0 radical (unpaired) electrons. The van der Waals surface area contributed by atoms with Gasteiger partial charge in [0.1, 0.15) is 6.54 Å². The average molecular weight is 490 g/mol. The van der Waals surface area contributed by atoms with Crippen LogP contribution in [0.2, 0.25) is 0 Å². The van der Waals surface area contributed by atoms with Gasteiger partial charge in [-0.3, -0.25) is 19.2 Å². The molecule has 1 aliphatic heterocycles. The lowest BCUT2D eigenvalue weighted by molar-refractivity contribution is -0.153. The molecule has 2 aromatic heterocycles. The van der Waals surface area contributed by atoms with Crippen LogP contribution in [0.25, 0.3) is 21.8 Å². The number of hydrogen-bond acceptors (Lipinski definition) is 6. The summed E-state index contributed by atoms with van der Waals surface area (Å²) >= 11 is 1.40. The van der Waals surface area contributed by atoms with Gasteiger partial charge in [-0.15, -0.1) is 11.3 Å². The summed E-state index contributed by atoms with van der Waals surface area (Å²) in [7, 11) is 0. The van der Waals surface area contributed by atoms with E-state index in [9.17, 15) is 19.2 Å². The summed E-state index contributed by atoms with van der Waals surface area (Å²) in [6, 6.07) is 17.9. The summed E-state index contributed by atoms with van der Waals surface area (Å²) in [4.78, 5) is 54.7. The summed E-state index contributed by atoms with van der Waals surface area (Å²) < 4.78 is 7.06. The number of benzene rings is 2. The maximum Gasteiger partial charge on any atom is 0.326 e. The number of piperazine rings is 1. The first-order chi connectivity index (χ1) is 17.0. The predicted molar refractivity (Wildman–Crippen MR) is 133 cm³/mol. The first kappa shape index (κ1) is 22.8. The molecule has 0 saturated carbocycles. The number of ether oxygens (including phenoxy) is 1. The number of hydrogen-bond donors (Lipinski definition) is 0. The fraction of sp³-hybridized carbons (Fsp3) is 0.231. The molecule has 2 amide bonds. The molecule has 2 aromatic carbocycles. The molecule has 4 aromatic rings. The number of amides is 2. The maximum atomic E-state index is 12.8. The molecule has 9 heteroatoms. The van der Waals surface area contributed by atoms with Gasteiger partial charge in [0.25, 0.3) is 11.8 Å². The molecule has 0 atom stereocenters. The van der Waals surface area contributed by atoms with Crippen molar-refractivity contribution in [2.24, 2.45) is 0 Å². The lowest BCUT2D eigenvalue weighted by Crippen LogP contribution is -2.51. The number of nitrogens with zero attached hydrogens (tertiary/aromatic N) is 3. The lowest BCUT2D eigenvalue weighted by Gasteiger charge is -2.34. The van der Waals surface area contributed by atoms with Crippen LogP contribution >= 0.6 is 11.3 Å². The zero-order chi connectivity index (χ0) is 24.4. The van der Waals surface area contributed by atoms with Gasteiger partial charge >= 0.3 is 5.97 Å². The number of aromatic nitrogens is 1. The molecule has 35 heavy (non-hydrogen) atoms. The third-order valence-electron chi connectivity index (χ3n) is 6.17. The molecule has 3 heterocycles. The van der Waals surface area contributed by atoms with Gasteiger partial charge in [0, 0.05) is 37.0 Å². The van der Waals surface area contributed by atoms with Gasteiger partial charge in [-0.2, -0.15) is 0 Å². The highest BCUT2D eigenvalue weighted by atomic mass is 32.1. The summed E-state index contributed by atoms with van der Waals surface area (Å²) in [6.45, 7) is 1.16. The Labute approximate surface area is 204 Å². The quantitative estimate of drug-likeness (QED) is 0.318. The van der Waals surface area contributed by atoms with E-state index in [-0.39, 0.29) is 30.4 Å². The molecule has 0 bridgehead atoms. The molecule has 1 aliphatic rings. The van der Waals surface area contributed by atoms with E-state index in [1.807, 2.05) is 23.6 Å². The molecule has 5 rings (SSSR count). The van der Waals surface area contributed by atoms with E-state index >= 15 is 0 Å². The van der Waals surface area contributed by atoms with E-state index in [1.54, 1.807) is 56.8 Å². The van der Waals surface area contributed by atoms with E-state index in [2.05, 4.69) is 0 Å². The number of carbonyl (C=O) groups excluding carboxylic acids is 3. The standard InChI is InChI=1S/C26H23N3O5S/c30-23(27-11-13-28(14-12-27)26(33)22-10-5-15-35-22)17-34-24(31)16-29-20-8-3-1-6-18(20)25(32)19-7-2-4-9-21(19)29/h1-10,15H,11-14,16-17H2. The summed E-state index contributed by atoms with van der Waals surface area (Å²) in [6.07, 6.45) is 0. The van der Waals surface area contributed by atoms with Crippen molar-refractivity contribution in [3.63, 3.8) is 0 Å². The zero-order valence-electron chi connectivity index (χ0n) is 18.9. The molecular formula is C26H23N3O5S. The van der Waals surface area contributed by atoms with Crippen LogP contribution in [0.5, 0.6) is 0 Å². The van der Waals surface area contributed by atoms with Crippen molar-refractivity contribution in [3.05, 3.63) is 81.1 Å². The van der Waals surface area contributed by atoms with Crippen molar-refractivity contribution in [1.29, 1.82) is 0 Å². The van der Waals surface area contributed by atoms with E-state index in [1.165, 1.54) is 11.3 Å². The van der Waals surface area contributed by atoms with Crippen molar-refractivity contribution >= 4 is 50.9 Å². The molecule has 0 aliphatic carbocycles. The van der Waals surface area contributed by atoms with Gasteiger partial charge < -0.3 is 19.1 Å². The van der Waals surface area contributed by atoms with Crippen LogP contribution in [0.15, 0.2) is 70.8 Å². The van der Waals surface area contributed by atoms with Crippen molar-refractivity contribution in [3.8, 4) is 0 Å². The smallest absolute Gasteiger partial charge is 0.326 e. The first-order valence-electron chi connectivity index (χ1n) is 11.3. The molecule has 1 fully saturated rings. The Morgan fingerprint density at radius 3 is 2.00 bits per heavy atom. The van der Waals surface area contributed by atoms with Crippen LogP contribution in [-0.4, -0.2) is 64.9 Å². The number of carbonyl (C=O) groups is 3. The highest BCUT2D eigenvalue weighted by Gasteiger charge is 2.26. The van der Waals surface area contributed by atoms with Crippen LogP contribution in [0.4, 0.5) is 0 Å². The molecule has 1 saturated heterocycles. The van der Waals surface area contributed by atoms with E-state index in [4.69, 9.17) is 4.74 Å². The third-order valence-corrected chi connectivity index (χ3v) is 7.03. The number of fused-ring (bicyclic) bond motifs is 2. The van der Waals surface area contributed by atoms with E-state index in [0.29, 0.717) is 52.9 Å². The van der Waals surface area contributed by atoms with Gasteiger partial charge in [-0.1, -0.05) is 30.3 Å². The Morgan fingerprint density at radius 2 is 1.40 bits per heavy atom. The fourth-order valence-corrected chi connectivity index (χ4v) is 5.06. The minimum absolute atomic E-state index is 0.0286. The van der Waals surface area contributed by atoms with Gasteiger partial charge in [0.05, 0.1) is 15.9 Å². The number of rotatable bonds is 5. The number of para-hydroxylation sites is 2. The second-order valence-electron chi connectivity index (χ2n) is 8.26. The molecule has 0 unspecified atom stereocenters. The van der Waals surface area contributed by atoms with Crippen molar-refractivity contribution in [2.45, 2.75) is 6.54 Å². The Kier molecular flexibility index (Phi) is 6.33. The molecule has 178 valence electrons. The second kappa shape index (κ2) is 9.71. The highest BCUT2D eigenvalue weighted by molar-refractivity contribution is 7.12. The SMILES string of the molecule is O=C(Cn1c2ccccc2c(=O)c2ccccc21)OCC(=O)N1CCN(C(=O)c2cccs2)CC1. The zero-order valence-corrected chi connectivity index (χ0v) is 19.7. The van der Waals surface area contributed by atoms with Gasteiger partial charge in [0.15, 0.2) is 12.0 Å². The van der Waals surface area contributed by atoms with Gasteiger partial charge in [-0.25, -0.2) is 0 Å². The Hall–Kier alpha value is -3.98. The largest absolute Gasteiger partial charge is 0.454 e. The highest BCUT2D eigenvalue weighted by Crippen LogP contribution is 2.19. The van der Waals surface area contributed by atoms with Crippen LogP contribution in [0, 0.1) is 0 Å². The second-order valence-corrected chi connectivity index (χ2v) is 9.21. The summed E-state index contributed by atoms with van der Waals surface area (Å²) in [5, 5.41) is 2.90.